The lowest BCUT2D eigenvalue weighted by Gasteiger charge is -2.29. The number of nitrogens with zero attached hydrogens (tertiary/aromatic N) is 4. The van der Waals surface area contributed by atoms with E-state index in [1.54, 1.807) is 23.1 Å². The van der Waals surface area contributed by atoms with Crippen molar-refractivity contribution < 1.29 is 24.5 Å². The third kappa shape index (κ3) is 8.23. The zero-order valence-corrected chi connectivity index (χ0v) is 18.7. The molecule has 3 rings (SSSR count). The van der Waals surface area contributed by atoms with Crippen LogP contribution in [0.2, 0.25) is 10.0 Å². The molecule has 0 bridgehead atoms. The molecule has 172 valence electrons. The van der Waals surface area contributed by atoms with E-state index in [0.29, 0.717) is 29.8 Å². The molecule has 2 heterocycles. The zero-order valence-electron chi connectivity index (χ0n) is 17.2. The summed E-state index contributed by atoms with van der Waals surface area (Å²) >= 11 is 12.5. The molecule has 0 amide bonds. The van der Waals surface area contributed by atoms with Gasteiger partial charge in [0.25, 0.3) is 5.09 Å². The summed E-state index contributed by atoms with van der Waals surface area (Å²) in [6, 6.07) is 5.29. The third-order valence-electron chi connectivity index (χ3n) is 4.48. The predicted octanol–water partition coefficient (Wildman–Crippen LogP) is 4.10. The molecule has 2 aromatic rings. The maximum Gasteiger partial charge on any atom is 0.291 e. The van der Waals surface area contributed by atoms with E-state index in [1.165, 1.54) is 25.6 Å². The fourth-order valence-corrected chi connectivity index (χ4v) is 3.68. The quantitative estimate of drug-likeness (QED) is 0.308. The van der Waals surface area contributed by atoms with Crippen LogP contribution in [0.25, 0.3) is 0 Å². The molecule has 1 fully saturated rings. The normalized spacial score (nSPS) is 20.3. The van der Waals surface area contributed by atoms with Gasteiger partial charge >= 0.3 is 0 Å². The molecule has 10 nitrogen and oxygen atoms in total. The lowest BCUT2D eigenvalue weighted by molar-refractivity contribution is -0.742. The number of benzene rings is 1. The molecule has 2 unspecified atom stereocenters. The van der Waals surface area contributed by atoms with Crippen molar-refractivity contribution in [1.29, 1.82) is 0 Å². The molecule has 0 radical (unpaired) electrons. The average Bonchev–Trinajstić information content (AvgIpc) is 3.35. The van der Waals surface area contributed by atoms with Crippen LogP contribution in [0.3, 0.4) is 0 Å². The van der Waals surface area contributed by atoms with Crippen LogP contribution in [0.1, 0.15) is 38.2 Å². The molecule has 0 aliphatic carbocycles. The van der Waals surface area contributed by atoms with Gasteiger partial charge in [0.15, 0.2) is 0 Å². The van der Waals surface area contributed by atoms with Crippen LogP contribution in [-0.2, 0) is 26.5 Å². The molecule has 1 aromatic carbocycles. The van der Waals surface area contributed by atoms with Gasteiger partial charge in [0.2, 0.25) is 5.79 Å². The van der Waals surface area contributed by atoms with Crippen LogP contribution in [-0.4, -0.2) is 51.0 Å². The molecule has 31 heavy (non-hydrogen) atoms. The van der Waals surface area contributed by atoms with Crippen LogP contribution < -0.4 is 0 Å². The molecule has 1 N–H and O–H groups in total. The average molecular weight is 477 g/mol. The molecule has 0 saturated carbocycles. The number of halogens is 2. The summed E-state index contributed by atoms with van der Waals surface area (Å²) in [5.74, 6) is -1.05. The van der Waals surface area contributed by atoms with Crippen molar-refractivity contribution in [2.24, 2.45) is 0 Å². The predicted molar refractivity (Wildman–Crippen MR) is 113 cm³/mol. The molecule has 12 heteroatoms. The largest absolute Gasteiger partial charge is 0.379 e. The van der Waals surface area contributed by atoms with Gasteiger partial charge in [-0.3, -0.25) is 0 Å². The van der Waals surface area contributed by atoms with Gasteiger partial charge in [0.05, 0.1) is 18.2 Å². The second-order valence-electron chi connectivity index (χ2n) is 6.89. The van der Waals surface area contributed by atoms with E-state index < -0.39 is 10.9 Å². The summed E-state index contributed by atoms with van der Waals surface area (Å²) in [7, 11) is 0. The monoisotopic (exact) mass is 476 g/mol. The Morgan fingerprint density at radius 3 is 2.81 bits per heavy atom. The van der Waals surface area contributed by atoms with Crippen LogP contribution in [0.4, 0.5) is 0 Å². The van der Waals surface area contributed by atoms with Gasteiger partial charge in [-0.2, -0.15) is 5.10 Å². The Hall–Kier alpha value is -1.98. The van der Waals surface area contributed by atoms with E-state index in [2.05, 4.69) is 17.0 Å². The second kappa shape index (κ2) is 12.8. The van der Waals surface area contributed by atoms with Gasteiger partial charge < -0.3 is 19.4 Å². The van der Waals surface area contributed by atoms with Gasteiger partial charge in [-0.05, 0) is 18.6 Å². The van der Waals surface area contributed by atoms with Gasteiger partial charge in [0.1, 0.15) is 25.3 Å². The van der Waals surface area contributed by atoms with Gasteiger partial charge in [-0.1, -0.05) is 55.5 Å². The number of unbranched alkanes of at least 4 members (excludes halogenated alkanes) is 3. The Morgan fingerprint density at radius 2 is 2.16 bits per heavy atom. The minimum atomic E-state index is -1.50. The fraction of sp³-hybridized carbons (Fsp3) is 0.579. The Kier molecular flexibility index (Phi) is 10.4. The first-order valence-corrected chi connectivity index (χ1v) is 10.6. The van der Waals surface area contributed by atoms with Crippen molar-refractivity contribution in [3.63, 3.8) is 0 Å². The Labute approximate surface area is 190 Å². The summed E-state index contributed by atoms with van der Waals surface area (Å²) in [4.78, 5) is 12.4. The number of rotatable bonds is 10. The first kappa shape index (κ1) is 25.3. The minimum Gasteiger partial charge on any atom is -0.379 e. The van der Waals surface area contributed by atoms with Gasteiger partial charge in [0, 0.05) is 17.2 Å². The molecular weight excluding hydrogens is 451 g/mol. The zero-order chi connectivity index (χ0) is 22.7. The first-order chi connectivity index (χ1) is 14.9. The van der Waals surface area contributed by atoms with Gasteiger partial charge in [-0.15, -0.1) is 10.1 Å². The van der Waals surface area contributed by atoms with E-state index in [9.17, 15) is 0 Å². The van der Waals surface area contributed by atoms with E-state index >= 15 is 0 Å². The van der Waals surface area contributed by atoms with Crippen LogP contribution in [0.15, 0.2) is 30.9 Å². The summed E-state index contributed by atoms with van der Waals surface area (Å²) in [5, 5.41) is 18.9. The highest BCUT2D eigenvalue weighted by Gasteiger charge is 2.45. The highest BCUT2D eigenvalue weighted by molar-refractivity contribution is 6.35. The second-order valence-corrected chi connectivity index (χ2v) is 7.74. The van der Waals surface area contributed by atoms with Crippen molar-refractivity contribution in [3.05, 3.63) is 56.6 Å². The van der Waals surface area contributed by atoms with E-state index in [-0.39, 0.29) is 6.10 Å². The van der Waals surface area contributed by atoms with Crippen LogP contribution >= 0.6 is 23.2 Å². The van der Waals surface area contributed by atoms with Gasteiger partial charge in [-0.25, -0.2) is 9.67 Å². The molecule has 1 aliphatic rings. The summed E-state index contributed by atoms with van der Waals surface area (Å²) in [6.45, 7) is 4.17. The number of ether oxygens (including phenoxy) is 3. The fourth-order valence-electron chi connectivity index (χ4n) is 3.13. The number of aromatic nitrogens is 3. The molecular formula is C19H26Cl2N4O6. The van der Waals surface area contributed by atoms with Crippen molar-refractivity contribution >= 4 is 23.2 Å². The molecule has 1 aliphatic heterocycles. The Morgan fingerprint density at radius 1 is 1.39 bits per heavy atom. The number of hydrogen-bond acceptors (Lipinski definition) is 7. The third-order valence-corrected chi connectivity index (χ3v) is 5.03. The topological polar surface area (TPSA) is 122 Å². The van der Waals surface area contributed by atoms with E-state index in [0.717, 1.165) is 18.6 Å². The lowest BCUT2D eigenvalue weighted by atomic mass is 10.1. The molecule has 2 atom stereocenters. The minimum absolute atomic E-state index is 0.175. The van der Waals surface area contributed by atoms with Crippen LogP contribution in [0.5, 0.6) is 0 Å². The Bertz CT molecular complexity index is 807. The van der Waals surface area contributed by atoms with Crippen LogP contribution in [0, 0.1) is 10.1 Å². The molecule has 0 spiro atoms. The van der Waals surface area contributed by atoms with Crippen molar-refractivity contribution in [2.75, 3.05) is 19.8 Å². The lowest BCUT2D eigenvalue weighted by Crippen LogP contribution is -2.35. The SMILES string of the molecule is CCCCCCOCC1COC(Cn2cncn2)(c2ccc(Cl)cc2Cl)O1.O=[N+]([O-])O. The maximum absolute atomic E-state index is 8.36. The standard InChI is InChI=1S/C19H25Cl2N3O3.HNO3/c1-2-3-4-5-8-25-10-16-11-26-19(27-16,12-24-14-22-13-23-24)17-7-6-15(20)9-18(17)21;2-1(3)4/h6-7,9,13-14,16H,2-5,8,10-12H2,1H3;(H,2,3,4). The molecule has 1 saturated heterocycles. The van der Waals surface area contributed by atoms with E-state index in [1.807, 2.05) is 6.07 Å². The molecule has 1 aromatic heterocycles. The smallest absolute Gasteiger partial charge is 0.291 e. The van der Waals surface area contributed by atoms with Crippen molar-refractivity contribution in [2.45, 2.75) is 51.0 Å². The van der Waals surface area contributed by atoms with Crippen molar-refractivity contribution in [3.8, 4) is 0 Å². The highest BCUT2D eigenvalue weighted by Crippen LogP contribution is 2.40. The first-order valence-electron chi connectivity index (χ1n) is 9.87. The van der Waals surface area contributed by atoms with E-state index in [4.69, 9.17) is 52.7 Å². The highest BCUT2D eigenvalue weighted by atomic mass is 35.5. The maximum atomic E-state index is 8.36. The summed E-state index contributed by atoms with van der Waals surface area (Å²) in [6.07, 6.45) is 7.63. The number of hydrogen-bond donors (Lipinski definition) is 1. The summed E-state index contributed by atoms with van der Waals surface area (Å²) < 4.78 is 19.9. The summed E-state index contributed by atoms with van der Waals surface area (Å²) in [5.41, 5.74) is 0.717. The van der Waals surface area contributed by atoms with Crippen molar-refractivity contribution in [1.82, 2.24) is 14.8 Å². The Balaban J connectivity index is 0.000000785.